The standard InChI is InChI=1S/C19H19N3O2S2/c1-3-24-16-9-7-15(8-10-16)17(23)20-18-21-22-19(26-18)25-12-14-6-4-5-13(2)11-14/h4-11H,3,12H2,1-2H3,(H,20,21,23). The average molecular weight is 386 g/mol. The monoisotopic (exact) mass is 385 g/mol. The third-order valence-corrected chi connectivity index (χ3v) is 5.54. The van der Waals surface area contributed by atoms with E-state index in [0.717, 1.165) is 15.8 Å². The molecule has 1 heterocycles. The summed E-state index contributed by atoms with van der Waals surface area (Å²) in [6, 6.07) is 15.4. The van der Waals surface area contributed by atoms with Gasteiger partial charge in [-0.3, -0.25) is 10.1 Å². The Labute approximate surface area is 160 Å². The fraction of sp³-hybridized carbons (Fsp3) is 0.211. The van der Waals surface area contributed by atoms with Crippen LogP contribution in [-0.2, 0) is 5.75 Å². The summed E-state index contributed by atoms with van der Waals surface area (Å²) in [7, 11) is 0. The van der Waals surface area contributed by atoms with Gasteiger partial charge in [0.2, 0.25) is 5.13 Å². The van der Waals surface area contributed by atoms with Gasteiger partial charge in [-0.1, -0.05) is 52.9 Å². The van der Waals surface area contributed by atoms with Crippen LogP contribution in [0.25, 0.3) is 0 Å². The number of aromatic nitrogens is 2. The van der Waals surface area contributed by atoms with Crippen LogP contribution in [0, 0.1) is 6.92 Å². The lowest BCUT2D eigenvalue weighted by Gasteiger charge is -2.04. The maximum absolute atomic E-state index is 12.3. The molecule has 0 bridgehead atoms. The van der Waals surface area contributed by atoms with E-state index in [9.17, 15) is 4.79 Å². The van der Waals surface area contributed by atoms with E-state index in [1.165, 1.54) is 22.5 Å². The normalized spacial score (nSPS) is 10.5. The van der Waals surface area contributed by atoms with Crippen molar-refractivity contribution < 1.29 is 9.53 Å². The SMILES string of the molecule is CCOc1ccc(C(=O)Nc2nnc(SCc3cccc(C)c3)s2)cc1. The Balaban J connectivity index is 1.56. The highest BCUT2D eigenvalue weighted by Gasteiger charge is 2.11. The second kappa shape index (κ2) is 8.82. The highest BCUT2D eigenvalue weighted by molar-refractivity contribution is 8.00. The molecule has 0 spiro atoms. The number of anilines is 1. The first-order valence-corrected chi connectivity index (χ1v) is 10.0. The number of nitrogens with zero attached hydrogens (tertiary/aromatic N) is 2. The molecule has 0 radical (unpaired) electrons. The molecule has 0 aliphatic rings. The largest absolute Gasteiger partial charge is 0.494 e. The molecular weight excluding hydrogens is 366 g/mol. The van der Waals surface area contributed by atoms with E-state index < -0.39 is 0 Å². The smallest absolute Gasteiger partial charge is 0.257 e. The van der Waals surface area contributed by atoms with E-state index in [1.807, 2.05) is 13.0 Å². The Morgan fingerprint density at radius 1 is 1.19 bits per heavy atom. The van der Waals surface area contributed by atoms with Crippen molar-refractivity contribution in [3.05, 3.63) is 65.2 Å². The van der Waals surface area contributed by atoms with Crippen LogP contribution in [0.5, 0.6) is 5.75 Å². The van der Waals surface area contributed by atoms with Crippen molar-refractivity contribution in [2.24, 2.45) is 0 Å². The summed E-state index contributed by atoms with van der Waals surface area (Å²) in [5.41, 5.74) is 3.03. The highest BCUT2D eigenvalue weighted by atomic mass is 32.2. The van der Waals surface area contributed by atoms with Crippen LogP contribution < -0.4 is 10.1 Å². The first-order valence-electron chi connectivity index (χ1n) is 8.20. The number of amides is 1. The third-order valence-electron chi connectivity index (χ3n) is 3.50. The van der Waals surface area contributed by atoms with Crippen LogP contribution in [0.3, 0.4) is 0 Å². The quantitative estimate of drug-likeness (QED) is 0.468. The highest BCUT2D eigenvalue weighted by Crippen LogP contribution is 2.28. The zero-order valence-corrected chi connectivity index (χ0v) is 16.2. The summed E-state index contributed by atoms with van der Waals surface area (Å²) in [6.45, 7) is 4.59. The van der Waals surface area contributed by atoms with Gasteiger partial charge in [0.1, 0.15) is 5.75 Å². The fourth-order valence-corrected chi connectivity index (χ4v) is 3.99. The summed E-state index contributed by atoms with van der Waals surface area (Å²) in [5.74, 6) is 1.36. The molecule has 7 heteroatoms. The number of carbonyl (C=O) groups is 1. The fourth-order valence-electron chi connectivity index (χ4n) is 2.30. The number of nitrogens with one attached hydrogen (secondary N) is 1. The molecule has 1 amide bonds. The van der Waals surface area contributed by atoms with Gasteiger partial charge in [-0.05, 0) is 43.7 Å². The molecule has 0 fully saturated rings. The van der Waals surface area contributed by atoms with E-state index >= 15 is 0 Å². The lowest BCUT2D eigenvalue weighted by molar-refractivity contribution is 0.102. The van der Waals surface area contributed by atoms with Crippen molar-refractivity contribution in [2.45, 2.75) is 23.9 Å². The van der Waals surface area contributed by atoms with Gasteiger partial charge in [-0.15, -0.1) is 10.2 Å². The minimum Gasteiger partial charge on any atom is -0.494 e. The number of aryl methyl sites for hydroxylation is 1. The van der Waals surface area contributed by atoms with E-state index in [0.29, 0.717) is 17.3 Å². The molecule has 1 aromatic heterocycles. The topological polar surface area (TPSA) is 64.1 Å². The molecule has 0 saturated heterocycles. The molecule has 2 aromatic carbocycles. The van der Waals surface area contributed by atoms with Gasteiger partial charge < -0.3 is 4.74 Å². The molecule has 1 N–H and O–H groups in total. The van der Waals surface area contributed by atoms with Gasteiger partial charge in [0.15, 0.2) is 4.34 Å². The average Bonchev–Trinajstić information content (AvgIpc) is 3.08. The maximum atomic E-state index is 12.3. The molecular formula is C19H19N3O2S2. The molecule has 134 valence electrons. The summed E-state index contributed by atoms with van der Waals surface area (Å²) in [5, 5.41) is 11.5. The number of hydrogen-bond acceptors (Lipinski definition) is 6. The van der Waals surface area contributed by atoms with Crippen LogP contribution >= 0.6 is 23.1 Å². The lowest BCUT2D eigenvalue weighted by atomic mass is 10.2. The first-order chi connectivity index (χ1) is 12.6. The van der Waals surface area contributed by atoms with Crippen molar-refractivity contribution in [1.82, 2.24) is 10.2 Å². The van der Waals surface area contributed by atoms with Crippen molar-refractivity contribution in [1.29, 1.82) is 0 Å². The molecule has 3 rings (SSSR count). The Kier molecular flexibility index (Phi) is 6.25. The molecule has 0 aliphatic heterocycles. The third kappa shape index (κ3) is 5.06. The van der Waals surface area contributed by atoms with E-state index in [-0.39, 0.29) is 5.91 Å². The lowest BCUT2D eigenvalue weighted by Crippen LogP contribution is -2.11. The van der Waals surface area contributed by atoms with Crippen molar-refractivity contribution in [3.8, 4) is 5.75 Å². The van der Waals surface area contributed by atoms with Gasteiger partial charge in [0.05, 0.1) is 6.61 Å². The number of ether oxygens (including phenoxy) is 1. The molecule has 0 aliphatic carbocycles. The van der Waals surface area contributed by atoms with Gasteiger partial charge in [-0.25, -0.2) is 0 Å². The Hall–Kier alpha value is -2.38. The van der Waals surface area contributed by atoms with Crippen LogP contribution in [0.4, 0.5) is 5.13 Å². The first kappa shape index (κ1) is 18.4. The maximum Gasteiger partial charge on any atom is 0.257 e. The molecule has 0 saturated carbocycles. The van der Waals surface area contributed by atoms with Gasteiger partial charge in [-0.2, -0.15) is 0 Å². The minimum absolute atomic E-state index is 0.209. The number of rotatable bonds is 7. The van der Waals surface area contributed by atoms with Gasteiger partial charge in [0.25, 0.3) is 5.91 Å². The van der Waals surface area contributed by atoms with Crippen LogP contribution in [0.2, 0.25) is 0 Å². The predicted octanol–water partition coefficient (Wildman–Crippen LogP) is 4.79. The van der Waals surface area contributed by atoms with Gasteiger partial charge >= 0.3 is 0 Å². The molecule has 3 aromatic rings. The van der Waals surface area contributed by atoms with Gasteiger partial charge in [0, 0.05) is 11.3 Å². The van der Waals surface area contributed by atoms with Crippen LogP contribution in [0.15, 0.2) is 52.9 Å². The minimum atomic E-state index is -0.209. The zero-order valence-electron chi connectivity index (χ0n) is 14.6. The number of thioether (sulfide) groups is 1. The molecule has 26 heavy (non-hydrogen) atoms. The van der Waals surface area contributed by atoms with Crippen LogP contribution in [-0.4, -0.2) is 22.7 Å². The summed E-state index contributed by atoms with van der Waals surface area (Å²) >= 11 is 2.99. The zero-order chi connectivity index (χ0) is 18.4. The van der Waals surface area contributed by atoms with E-state index in [2.05, 4.69) is 40.6 Å². The number of hydrogen-bond donors (Lipinski definition) is 1. The van der Waals surface area contributed by atoms with Crippen molar-refractivity contribution in [2.75, 3.05) is 11.9 Å². The summed E-state index contributed by atoms with van der Waals surface area (Å²) in [6.07, 6.45) is 0. The predicted molar refractivity (Wildman–Crippen MR) is 106 cm³/mol. The summed E-state index contributed by atoms with van der Waals surface area (Å²) in [4.78, 5) is 12.3. The van der Waals surface area contributed by atoms with E-state index in [1.54, 1.807) is 36.0 Å². The summed E-state index contributed by atoms with van der Waals surface area (Å²) < 4.78 is 6.21. The van der Waals surface area contributed by atoms with E-state index in [4.69, 9.17) is 4.74 Å². The van der Waals surface area contributed by atoms with Crippen molar-refractivity contribution in [3.63, 3.8) is 0 Å². The number of carbonyl (C=O) groups excluding carboxylic acids is 1. The molecule has 0 unspecified atom stereocenters. The number of benzene rings is 2. The second-order valence-corrected chi connectivity index (χ2v) is 7.76. The Morgan fingerprint density at radius 3 is 2.73 bits per heavy atom. The molecule has 0 atom stereocenters. The van der Waals surface area contributed by atoms with Crippen LogP contribution in [0.1, 0.15) is 28.4 Å². The molecule has 5 nitrogen and oxygen atoms in total. The van der Waals surface area contributed by atoms with Crippen molar-refractivity contribution >= 4 is 34.1 Å². The second-order valence-electron chi connectivity index (χ2n) is 5.56. The Bertz CT molecular complexity index is 879. The Morgan fingerprint density at radius 2 is 2.00 bits per heavy atom.